The highest BCUT2D eigenvalue weighted by molar-refractivity contribution is 9.10. The molecule has 1 rings (SSSR count). The van der Waals surface area contributed by atoms with Gasteiger partial charge in [-0.1, -0.05) is 13.8 Å². The van der Waals surface area contributed by atoms with E-state index >= 15 is 0 Å². The Balaban J connectivity index is 2.66. The van der Waals surface area contributed by atoms with E-state index in [1.165, 1.54) is 0 Å². The van der Waals surface area contributed by atoms with Gasteiger partial charge < -0.3 is 4.57 Å². The average Bonchev–Trinajstić information content (AvgIpc) is 2.43. The van der Waals surface area contributed by atoms with Crippen molar-refractivity contribution in [3.8, 4) is 0 Å². The number of hydrogen-bond donors (Lipinski definition) is 0. The van der Waals surface area contributed by atoms with E-state index in [4.69, 9.17) is 0 Å². The normalized spacial score (nSPS) is 11.6. The van der Waals surface area contributed by atoms with Crippen LogP contribution in [-0.2, 0) is 5.75 Å². The smallest absolute Gasteiger partial charge is 0.177 e. The van der Waals surface area contributed by atoms with Gasteiger partial charge in [0.25, 0.3) is 0 Å². The van der Waals surface area contributed by atoms with Gasteiger partial charge in [0, 0.05) is 18.0 Å². The first kappa shape index (κ1) is 12.1. The van der Waals surface area contributed by atoms with Gasteiger partial charge in [-0.05, 0) is 35.0 Å². The molecule has 0 aromatic carbocycles. The Morgan fingerprint density at radius 2 is 2.07 bits per heavy atom. The first-order chi connectivity index (χ1) is 6.50. The van der Waals surface area contributed by atoms with Crippen LogP contribution in [0.3, 0.4) is 0 Å². The summed E-state index contributed by atoms with van der Waals surface area (Å²) in [5, 5.41) is 0.665. The number of halogens is 1. The van der Waals surface area contributed by atoms with Crippen LogP contribution >= 0.6 is 27.7 Å². The molecule has 0 unspecified atom stereocenters. The molecule has 0 aliphatic rings. The van der Waals surface area contributed by atoms with E-state index in [0.717, 1.165) is 16.2 Å². The number of aromatic nitrogens is 2. The SMILES string of the molecule is CC(C)SCc1cn(C(C)C)c(Br)n1. The van der Waals surface area contributed by atoms with Crippen LogP contribution in [0.5, 0.6) is 0 Å². The Labute approximate surface area is 98.6 Å². The zero-order valence-electron chi connectivity index (χ0n) is 9.12. The summed E-state index contributed by atoms with van der Waals surface area (Å²) in [6.45, 7) is 8.73. The molecule has 0 fully saturated rings. The van der Waals surface area contributed by atoms with Gasteiger partial charge in [0.15, 0.2) is 4.73 Å². The van der Waals surface area contributed by atoms with Crippen LogP contribution in [0.2, 0.25) is 0 Å². The minimum atomic E-state index is 0.467. The van der Waals surface area contributed by atoms with Crippen LogP contribution in [0, 0.1) is 0 Å². The molecule has 0 amide bonds. The van der Waals surface area contributed by atoms with Crippen molar-refractivity contribution in [2.45, 2.75) is 44.7 Å². The summed E-state index contributed by atoms with van der Waals surface area (Å²) in [4.78, 5) is 4.46. The number of hydrogen-bond acceptors (Lipinski definition) is 2. The molecule has 0 N–H and O–H groups in total. The molecule has 0 saturated carbocycles. The maximum Gasteiger partial charge on any atom is 0.177 e. The fourth-order valence-electron chi connectivity index (χ4n) is 1.10. The molecule has 2 nitrogen and oxygen atoms in total. The maximum absolute atomic E-state index is 4.46. The van der Waals surface area contributed by atoms with Gasteiger partial charge in [-0.2, -0.15) is 11.8 Å². The lowest BCUT2D eigenvalue weighted by Gasteiger charge is -2.06. The zero-order valence-corrected chi connectivity index (χ0v) is 11.5. The predicted molar refractivity (Wildman–Crippen MR) is 66.7 cm³/mol. The van der Waals surface area contributed by atoms with E-state index in [2.05, 4.69) is 59.4 Å². The van der Waals surface area contributed by atoms with Crippen molar-refractivity contribution in [3.63, 3.8) is 0 Å². The Bertz CT molecular complexity index is 294. The topological polar surface area (TPSA) is 17.8 Å². The van der Waals surface area contributed by atoms with Gasteiger partial charge >= 0.3 is 0 Å². The first-order valence-electron chi connectivity index (χ1n) is 4.85. The highest BCUT2D eigenvalue weighted by Gasteiger charge is 2.08. The minimum absolute atomic E-state index is 0.467. The number of nitrogens with zero attached hydrogens (tertiary/aromatic N) is 2. The fourth-order valence-corrected chi connectivity index (χ4v) is 2.49. The molecule has 1 aromatic heterocycles. The summed E-state index contributed by atoms with van der Waals surface area (Å²) < 4.78 is 3.09. The summed E-state index contributed by atoms with van der Waals surface area (Å²) in [6.07, 6.45) is 2.13. The van der Waals surface area contributed by atoms with Crippen molar-refractivity contribution >= 4 is 27.7 Å². The van der Waals surface area contributed by atoms with E-state index < -0.39 is 0 Å². The molecule has 4 heteroatoms. The first-order valence-corrected chi connectivity index (χ1v) is 6.69. The summed E-state index contributed by atoms with van der Waals surface area (Å²) in [5.41, 5.74) is 1.16. The van der Waals surface area contributed by atoms with Crippen molar-refractivity contribution in [3.05, 3.63) is 16.6 Å². The molecule has 0 spiro atoms. The van der Waals surface area contributed by atoms with Crippen molar-refractivity contribution in [2.24, 2.45) is 0 Å². The van der Waals surface area contributed by atoms with Gasteiger partial charge in [0.05, 0.1) is 5.69 Å². The van der Waals surface area contributed by atoms with Gasteiger partial charge in [-0.25, -0.2) is 4.98 Å². The van der Waals surface area contributed by atoms with Gasteiger partial charge in [0.2, 0.25) is 0 Å². The second-order valence-electron chi connectivity index (χ2n) is 3.86. The number of thioether (sulfide) groups is 1. The molecule has 0 bridgehead atoms. The monoisotopic (exact) mass is 276 g/mol. The molecule has 14 heavy (non-hydrogen) atoms. The molecule has 0 aliphatic carbocycles. The molecule has 0 aliphatic heterocycles. The third kappa shape index (κ3) is 3.31. The van der Waals surface area contributed by atoms with Gasteiger partial charge in [-0.3, -0.25) is 0 Å². The van der Waals surface area contributed by atoms with E-state index in [1.807, 2.05) is 11.8 Å². The van der Waals surface area contributed by atoms with E-state index in [1.54, 1.807) is 0 Å². The summed E-state index contributed by atoms with van der Waals surface area (Å²) in [7, 11) is 0. The molecule has 0 radical (unpaired) electrons. The molecule has 1 aromatic rings. The van der Waals surface area contributed by atoms with Crippen LogP contribution < -0.4 is 0 Å². The van der Waals surface area contributed by atoms with E-state index in [0.29, 0.717) is 11.3 Å². The van der Waals surface area contributed by atoms with Crippen LogP contribution in [-0.4, -0.2) is 14.8 Å². The van der Waals surface area contributed by atoms with Crippen molar-refractivity contribution in [2.75, 3.05) is 0 Å². The molecular formula is C10H17BrN2S. The Morgan fingerprint density at radius 3 is 2.50 bits per heavy atom. The van der Waals surface area contributed by atoms with Crippen molar-refractivity contribution in [1.82, 2.24) is 9.55 Å². The molecule has 0 atom stereocenters. The largest absolute Gasteiger partial charge is 0.323 e. The second kappa shape index (κ2) is 5.21. The lowest BCUT2D eigenvalue weighted by Crippen LogP contribution is -1.98. The fraction of sp³-hybridized carbons (Fsp3) is 0.700. The molecule has 1 heterocycles. The van der Waals surface area contributed by atoms with Gasteiger partial charge in [-0.15, -0.1) is 0 Å². The Morgan fingerprint density at radius 1 is 1.43 bits per heavy atom. The van der Waals surface area contributed by atoms with Crippen LogP contribution in [0.15, 0.2) is 10.9 Å². The Kier molecular flexibility index (Phi) is 4.51. The maximum atomic E-state index is 4.46. The Hall–Kier alpha value is 0.0400. The summed E-state index contributed by atoms with van der Waals surface area (Å²) in [5.74, 6) is 0.996. The van der Waals surface area contributed by atoms with Crippen molar-refractivity contribution < 1.29 is 0 Å². The minimum Gasteiger partial charge on any atom is -0.323 e. The molecule has 0 saturated heterocycles. The molecular weight excluding hydrogens is 260 g/mol. The average molecular weight is 277 g/mol. The third-order valence-corrected chi connectivity index (χ3v) is 3.57. The standard InChI is InChI=1S/C10H17BrN2S/c1-7(2)13-5-9(12-10(13)11)6-14-8(3)4/h5,7-8H,6H2,1-4H3. The number of rotatable bonds is 4. The van der Waals surface area contributed by atoms with Crippen LogP contribution in [0.1, 0.15) is 39.4 Å². The quantitative estimate of drug-likeness (QED) is 0.831. The number of imidazole rings is 1. The van der Waals surface area contributed by atoms with Crippen molar-refractivity contribution in [1.29, 1.82) is 0 Å². The summed E-state index contributed by atoms with van der Waals surface area (Å²) >= 11 is 5.39. The second-order valence-corrected chi connectivity index (χ2v) is 6.14. The highest BCUT2D eigenvalue weighted by Crippen LogP contribution is 2.21. The predicted octanol–water partition coefficient (Wildman–Crippen LogP) is 3.87. The highest BCUT2D eigenvalue weighted by atomic mass is 79.9. The van der Waals surface area contributed by atoms with Crippen LogP contribution in [0.25, 0.3) is 0 Å². The van der Waals surface area contributed by atoms with E-state index in [-0.39, 0.29) is 0 Å². The zero-order chi connectivity index (χ0) is 10.7. The summed E-state index contributed by atoms with van der Waals surface area (Å²) in [6, 6.07) is 0.467. The van der Waals surface area contributed by atoms with E-state index in [9.17, 15) is 0 Å². The van der Waals surface area contributed by atoms with Crippen LogP contribution in [0.4, 0.5) is 0 Å². The lowest BCUT2D eigenvalue weighted by molar-refractivity contribution is 0.586. The third-order valence-electron chi connectivity index (χ3n) is 1.86. The lowest BCUT2D eigenvalue weighted by atomic mass is 10.4. The van der Waals surface area contributed by atoms with Gasteiger partial charge in [0.1, 0.15) is 0 Å². The molecule has 80 valence electrons.